The lowest BCUT2D eigenvalue weighted by Crippen LogP contribution is -2.34. The lowest BCUT2D eigenvalue weighted by molar-refractivity contribution is -0.122. The summed E-state index contributed by atoms with van der Waals surface area (Å²) < 4.78 is 6.99. The maximum Gasteiger partial charge on any atom is 0.273 e. The SMILES string of the molecule is CC1CCCN(c2nc3ncn(CC(=O)NCc4ccco4)c(=O)c3s2)C1. The molecule has 1 amide bonds. The van der Waals surface area contributed by atoms with Crippen molar-refractivity contribution in [3.8, 4) is 0 Å². The van der Waals surface area contributed by atoms with Gasteiger partial charge in [-0.05, 0) is 30.9 Å². The van der Waals surface area contributed by atoms with Gasteiger partial charge in [0.1, 0.15) is 23.3 Å². The zero-order valence-electron chi connectivity index (χ0n) is 15.1. The molecule has 27 heavy (non-hydrogen) atoms. The number of carbonyl (C=O) groups is 1. The van der Waals surface area contributed by atoms with Crippen LogP contribution in [-0.2, 0) is 17.9 Å². The van der Waals surface area contributed by atoms with E-state index in [1.807, 2.05) is 0 Å². The third kappa shape index (κ3) is 3.87. The van der Waals surface area contributed by atoms with E-state index in [1.165, 1.54) is 28.7 Å². The van der Waals surface area contributed by atoms with Crippen molar-refractivity contribution in [1.82, 2.24) is 19.9 Å². The fourth-order valence-corrected chi connectivity index (χ4v) is 4.26. The number of thiazole rings is 1. The molecule has 0 bridgehead atoms. The Bertz CT molecular complexity index is 994. The van der Waals surface area contributed by atoms with Crippen molar-refractivity contribution < 1.29 is 9.21 Å². The molecule has 0 aliphatic carbocycles. The number of hydrogen-bond donors (Lipinski definition) is 1. The second kappa shape index (κ2) is 7.51. The summed E-state index contributed by atoms with van der Waals surface area (Å²) in [5.41, 5.74) is 0.215. The molecule has 1 unspecified atom stereocenters. The first-order valence-electron chi connectivity index (χ1n) is 9.00. The molecule has 0 spiro atoms. The van der Waals surface area contributed by atoms with Crippen LogP contribution in [0.3, 0.4) is 0 Å². The molecule has 142 valence electrons. The Labute approximate surface area is 159 Å². The van der Waals surface area contributed by atoms with Crippen LogP contribution in [0.5, 0.6) is 0 Å². The molecule has 1 fully saturated rings. The van der Waals surface area contributed by atoms with Crippen molar-refractivity contribution in [2.45, 2.75) is 32.9 Å². The van der Waals surface area contributed by atoms with Gasteiger partial charge in [-0.25, -0.2) is 4.98 Å². The second-order valence-corrected chi connectivity index (χ2v) is 7.85. The monoisotopic (exact) mass is 387 g/mol. The largest absolute Gasteiger partial charge is 0.467 e. The van der Waals surface area contributed by atoms with Gasteiger partial charge in [0.2, 0.25) is 5.91 Å². The number of rotatable bonds is 5. The Kier molecular flexibility index (Phi) is 4.93. The highest BCUT2D eigenvalue weighted by Crippen LogP contribution is 2.28. The van der Waals surface area contributed by atoms with Gasteiger partial charge in [0.25, 0.3) is 5.56 Å². The minimum atomic E-state index is -0.274. The third-order valence-electron chi connectivity index (χ3n) is 4.65. The number of amides is 1. The van der Waals surface area contributed by atoms with Crippen molar-refractivity contribution in [1.29, 1.82) is 0 Å². The molecule has 0 aromatic carbocycles. The predicted molar refractivity (Wildman–Crippen MR) is 103 cm³/mol. The van der Waals surface area contributed by atoms with E-state index in [0.717, 1.165) is 24.6 Å². The van der Waals surface area contributed by atoms with Crippen LogP contribution >= 0.6 is 11.3 Å². The van der Waals surface area contributed by atoms with Crippen LogP contribution in [0.4, 0.5) is 5.13 Å². The number of anilines is 1. The quantitative estimate of drug-likeness (QED) is 0.720. The molecule has 1 N–H and O–H groups in total. The van der Waals surface area contributed by atoms with E-state index in [0.29, 0.717) is 22.0 Å². The molecular formula is C18H21N5O3S. The van der Waals surface area contributed by atoms with Crippen molar-refractivity contribution >= 4 is 32.7 Å². The fraction of sp³-hybridized carbons (Fsp3) is 0.444. The van der Waals surface area contributed by atoms with Crippen LogP contribution in [0.15, 0.2) is 33.9 Å². The summed E-state index contributed by atoms with van der Waals surface area (Å²) in [5, 5.41) is 3.56. The number of hydrogen-bond acceptors (Lipinski definition) is 7. The zero-order valence-corrected chi connectivity index (χ0v) is 15.9. The number of fused-ring (bicyclic) bond motifs is 1. The van der Waals surface area contributed by atoms with Crippen molar-refractivity contribution in [2.75, 3.05) is 18.0 Å². The highest BCUT2D eigenvalue weighted by Gasteiger charge is 2.21. The number of nitrogens with zero attached hydrogens (tertiary/aromatic N) is 4. The lowest BCUT2D eigenvalue weighted by atomic mass is 10.0. The van der Waals surface area contributed by atoms with Crippen molar-refractivity contribution in [2.24, 2.45) is 5.92 Å². The molecule has 9 heteroatoms. The molecule has 3 aromatic rings. The lowest BCUT2D eigenvalue weighted by Gasteiger charge is -2.30. The first kappa shape index (κ1) is 17.7. The Balaban J connectivity index is 1.49. The minimum Gasteiger partial charge on any atom is -0.467 e. The van der Waals surface area contributed by atoms with Gasteiger partial charge >= 0.3 is 0 Å². The molecule has 1 aliphatic heterocycles. The Morgan fingerprint density at radius 3 is 3.15 bits per heavy atom. The number of nitrogens with one attached hydrogen (secondary N) is 1. The summed E-state index contributed by atoms with van der Waals surface area (Å²) in [4.78, 5) is 35.9. The van der Waals surface area contributed by atoms with Crippen LogP contribution in [0.25, 0.3) is 10.3 Å². The summed E-state index contributed by atoms with van der Waals surface area (Å²) >= 11 is 1.36. The topological polar surface area (TPSA) is 93.3 Å². The molecule has 4 heterocycles. The van der Waals surface area contributed by atoms with Crippen LogP contribution in [0, 0.1) is 5.92 Å². The molecule has 0 radical (unpaired) electrons. The van der Waals surface area contributed by atoms with Gasteiger partial charge in [-0.3, -0.25) is 14.2 Å². The molecule has 1 saturated heterocycles. The summed E-state index contributed by atoms with van der Waals surface area (Å²) in [7, 11) is 0. The van der Waals surface area contributed by atoms with Crippen LogP contribution in [0.2, 0.25) is 0 Å². The van der Waals surface area contributed by atoms with Gasteiger partial charge in [-0.15, -0.1) is 0 Å². The first-order chi connectivity index (χ1) is 13.1. The maximum atomic E-state index is 12.7. The predicted octanol–water partition coefficient (Wildman–Crippen LogP) is 2.00. The second-order valence-electron chi connectivity index (χ2n) is 6.88. The number of furan rings is 1. The Morgan fingerprint density at radius 2 is 2.37 bits per heavy atom. The Morgan fingerprint density at radius 1 is 1.48 bits per heavy atom. The average Bonchev–Trinajstić information content (AvgIpc) is 3.32. The van der Waals surface area contributed by atoms with Crippen LogP contribution in [0.1, 0.15) is 25.5 Å². The Hall–Kier alpha value is -2.68. The molecule has 0 saturated carbocycles. The molecular weight excluding hydrogens is 366 g/mol. The summed E-state index contributed by atoms with van der Waals surface area (Å²) in [6.45, 7) is 4.33. The van der Waals surface area contributed by atoms with E-state index >= 15 is 0 Å². The van der Waals surface area contributed by atoms with Crippen molar-refractivity contribution in [3.63, 3.8) is 0 Å². The number of piperidine rings is 1. The van der Waals surface area contributed by atoms with Gasteiger partial charge in [0, 0.05) is 13.1 Å². The zero-order chi connectivity index (χ0) is 18.8. The van der Waals surface area contributed by atoms with E-state index in [9.17, 15) is 9.59 Å². The standard InChI is InChI=1S/C18H21N5O3S/c1-12-4-2-6-22(9-12)18-21-16-15(27-18)17(25)23(11-20-16)10-14(24)19-8-13-5-3-7-26-13/h3,5,7,11-12H,2,4,6,8-10H2,1H3,(H,19,24). The van der Waals surface area contributed by atoms with E-state index in [4.69, 9.17) is 4.42 Å². The van der Waals surface area contributed by atoms with Gasteiger partial charge in [-0.2, -0.15) is 4.98 Å². The number of carbonyl (C=O) groups excluding carboxylic acids is 1. The summed E-state index contributed by atoms with van der Waals surface area (Å²) in [6, 6.07) is 3.54. The first-order valence-corrected chi connectivity index (χ1v) is 9.82. The minimum absolute atomic E-state index is 0.0868. The van der Waals surface area contributed by atoms with Crippen LogP contribution < -0.4 is 15.8 Å². The summed E-state index contributed by atoms with van der Waals surface area (Å²) in [6.07, 6.45) is 5.29. The summed E-state index contributed by atoms with van der Waals surface area (Å²) in [5.74, 6) is 1.00. The van der Waals surface area contributed by atoms with Gasteiger partial charge < -0.3 is 14.6 Å². The third-order valence-corrected chi connectivity index (χ3v) is 5.75. The average molecular weight is 387 g/mol. The number of aromatic nitrogens is 3. The van der Waals surface area contributed by atoms with E-state index in [2.05, 4.69) is 27.1 Å². The smallest absolute Gasteiger partial charge is 0.273 e. The molecule has 4 rings (SSSR count). The van der Waals surface area contributed by atoms with Crippen LogP contribution in [-0.4, -0.2) is 33.5 Å². The highest BCUT2D eigenvalue weighted by atomic mass is 32.1. The van der Waals surface area contributed by atoms with Gasteiger partial charge in [0.15, 0.2) is 10.8 Å². The molecule has 1 atom stereocenters. The fourth-order valence-electron chi connectivity index (χ4n) is 3.26. The van der Waals surface area contributed by atoms with Gasteiger partial charge in [0.05, 0.1) is 12.8 Å². The molecule has 1 aliphatic rings. The van der Waals surface area contributed by atoms with Crippen molar-refractivity contribution in [3.05, 3.63) is 40.8 Å². The van der Waals surface area contributed by atoms with E-state index < -0.39 is 0 Å². The normalized spacial score (nSPS) is 17.4. The highest BCUT2D eigenvalue weighted by molar-refractivity contribution is 7.22. The molecule has 3 aromatic heterocycles. The van der Waals surface area contributed by atoms with E-state index in [-0.39, 0.29) is 24.6 Å². The maximum absolute atomic E-state index is 12.7. The van der Waals surface area contributed by atoms with E-state index in [1.54, 1.807) is 18.4 Å². The van der Waals surface area contributed by atoms with Gasteiger partial charge in [-0.1, -0.05) is 18.3 Å². The molecule has 8 nitrogen and oxygen atoms in total.